The highest BCUT2D eigenvalue weighted by molar-refractivity contribution is 14.0. The summed E-state index contributed by atoms with van der Waals surface area (Å²) in [7, 11) is 0. The molecule has 1 fully saturated rings. The fourth-order valence-electron chi connectivity index (χ4n) is 2.13. The van der Waals surface area contributed by atoms with Crippen LogP contribution in [-0.2, 0) is 6.54 Å². The molecule has 0 aromatic carbocycles. The number of nitrogens with two attached hydrogens (primary N) is 1. The van der Waals surface area contributed by atoms with Crippen molar-refractivity contribution in [3.8, 4) is 0 Å². The van der Waals surface area contributed by atoms with Gasteiger partial charge in [0.2, 0.25) is 0 Å². The van der Waals surface area contributed by atoms with E-state index in [1.54, 1.807) is 11.3 Å². The van der Waals surface area contributed by atoms with E-state index in [-0.39, 0.29) is 24.0 Å². The van der Waals surface area contributed by atoms with Crippen LogP contribution in [0.2, 0.25) is 0 Å². The molecular weight excluding hydrogens is 357 g/mol. The first-order valence-electron chi connectivity index (χ1n) is 6.36. The molecule has 0 saturated carbocycles. The van der Waals surface area contributed by atoms with Gasteiger partial charge in [-0.3, -0.25) is 0 Å². The van der Waals surface area contributed by atoms with Crippen LogP contribution >= 0.6 is 35.3 Å². The van der Waals surface area contributed by atoms with Crippen molar-refractivity contribution in [3.05, 3.63) is 21.9 Å². The smallest absolute Gasteiger partial charge is 0.191 e. The molecule has 0 radical (unpaired) electrons. The number of thiophene rings is 1. The van der Waals surface area contributed by atoms with Crippen molar-refractivity contribution in [2.24, 2.45) is 10.7 Å². The summed E-state index contributed by atoms with van der Waals surface area (Å²) in [5.74, 6) is 0.720. The molecule has 0 bridgehead atoms. The standard InChI is InChI=1S/C13H21N3S.HI/c1-11-6-7-12(17-11)10-15-13(14)16-8-4-2-3-5-9-16;/h6-7H,2-5,8-10H2,1H3,(H2,14,15);1H. The summed E-state index contributed by atoms with van der Waals surface area (Å²) in [6, 6.07) is 4.27. The normalized spacial score (nSPS) is 17.2. The van der Waals surface area contributed by atoms with Crippen molar-refractivity contribution in [2.75, 3.05) is 13.1 Å². The van der Waals surface area contributed by atoms with Crippen molar-refractivity contribution < 1.29 is 0 Å². The van der Waals surface area contributed by atoms with Gasteiger partial charge in [0.1, 0.15) is 0 Å². The first-order valence-corrected chi connectivity index (χ1v) is 7.17. The van der Waals surface area contributed by atoms with Crippen LogP contribution in [0, 0.1) is 6.92 Å². The van der Waals surface area contributed by atoms with Gasteiger partial charge in [0.05, 0.1) is 6.54 Å². The summed E-state index contributed by atoms with van der Waals surface area (Å²) in [6.07, 6.45) is 5.14. The van der Waals surface area contributed by atoms with Gasteiger partial charge in [-0.05, 0) is 31.9 Å². The van der Waals surface area contributed by atoms with E-state index in [4.69, 9.17) is 5.73 Å². The largest absolute Gasteiger partial charge is 0.370 e. The molecule has 1 aromatic heterocycles. The Labute approximate surface area is 130 Å². The predicted molar refractivity (Wildman–Crippen MR) is 89.8 cm³/mol. The minimum Gasteiger partial charge on any atom is -0.370 e. The Kier molecular flexibility index (Phi) is 6.99. The van der Waals surface area contributed by atoms with Gasteiger partial charge in [0.15, 0.2) is 5.96 Å². The van der Waals surface area contributed by atoms with E-state index >= 15 is 0 Å². The molecule has 0 atom stereocenters. The van der Waals surface area contributed by atoms with Crippen molar-refractivity contribution >= 4 is 41.3 Å². The third-order valence-electron chi connectivity index (χ3n) is 3.12. The van der Waals surface area contributed by atoms with Crippen molar-refractivity contribution in [1.82, 2.24) is 4.90 Å². The van der Waals surface area contributed by atoms with E-state index in [0.29, 0.717) is 0 Å². The Bertz CT molecular complexity index is 381. The maximum Gasteiger partial charge on any atom is 0.191 e. The molecule has 0 aliphatic carbocycles. The number of hydrogen-bond acceptors (Lipinski definition) is 2. The van der Waals surface area contributed by atoms with Crippen LogP contribution in [0.15, 0.2) is 17.1 Å². The van der Waals surface area contributed by atoms with Crippen molar-refractivity contribution in [3.63, 3.8) is 0 Å². The number of likely N-dealkylation sites (tertiary alicyclic amines) is 1. The summed E-state index contributed by atoms with van der Waals surface area (Å²) >= 11 is 1.80. The van der Waals surface area contributed by atoms with Gasteiger partial charge in [0.25, 0.3) is 0 Å². The molecule has 1 aromatic rings. The first kappa shape index (κ1) is 15.8. The highest BCUT2D eigenvalue weighted by Crippen LogP contribution is 2.16. The molecule has 2 rings (SSSR count). The minimum absolute atomic E-state index is 0. The van der Waals surface area contributed by atoms with E-state index < -0.39 is 0 Å². The van der Waals surface area contributed by atoms with Crippen LogP contribution < -0.4 is 5.73 Å². The molecule has 3 nitrogen and oxygen atoms in total. The lowest BCUT2D eigenvalue weighted by Crippen LogP contribution is -2.38. The quantitative estimate of drug-likeness (QED) is 0.486. The van der Waals surface area contributed by atoms with Gasteiger partial charge in [-0.1, -0.05) is 12.8 Å². The SMILES string of the molecule is Cc1ccc(CN=C(N)N2CCCCCC2)s1.I. The summed E-state index contributed by atoms with van der Waals surface area (Å²) in [5.41, 5.74) is 6.05. The van der Waals surface area contributed by atoms with Crippen LogP contribution in [0.3, 0.4) is 0 Å². The molecule has 1 aliphatic rings. The summed E-state index contributed by atoms with van der Waals surface area (Å²) in [5, 5.41) is 0. The van der Waals surface area contributed by atoms with Gasteiger partial charge in [-0.15, -0.1) is 35.3 Å². The molecule has 0 unspecified atom stereocenters. The highest BCUT2D eigenvalue weighted by Gasteiger charge is 2.10. The van der Waals surface area contributed by atoms with Gasteiger partial charge in [-0.2, -0.15) is 0 Å². The van der Waals surface area contributed by atoms with Gasteiger partial charge >= 0.3 is 0 Å². The molecule has 0 amide bonds. The second-order valence-electron chi connectivity index (χ2n) is 4.59. The predicted octanol–water partition coefficient (Wildman–Crippen LogP) is 3.37. The van der Waals surface area contributed by atoms with E-state index in [2.05, 4.69) is 28.9 Å². The molecule has 0 spiro atoms. The van der Waals surface area contributed by atoms with Crippen LogP contribution in [0.5, 0.6) is 0 Å². The van der Waals surface area contributed by atoms with Crippen LogP contribution in [0.1, 0.15) is 35.4 Å². The van der Waals surface area contributed by atoms with Crippen molar-refractivity contribution in [1.29, 1.82) is 0 Å². The molecule has 2 heterocycles. The zero-order valence-corrected chi connectivity index (χ0v) is 14.0. The zero-order chi connectivity index (χ0) is 12.1. The highest BCUT2D eigenvalue weighted by atomic mass is 127. The second kappa shape index (κ2) is 7.99. The Balaban J connectivity index is 0.00000162. The maximum atomic E-state index is 6.05. The molecule has 18 heavy (non-hydrogen) atoms. The van der Waals surface area contributed by atoms with E-state index in [0.717, 1.165) is 25.6 Å². The maximum absolute atomic E-state index is 6.05. The Morgan fingerprint density at radius 1 is 1.28 bits per heavy atom. The Morgan fingerprint density at radius 2 is 1.94 bits per heavy atom. The number of hydrogen-bond donors (Lipinski definition) is 1. The third kappa shape index (κ3) is 4.76. The molecule has 102 valence electrons. The fourth-order valence-corrected chi connectivity index (χ4v) is 2.94. The molecular formula is C13H22IN3S. The first-order chi connectivity index (χ1) is 8.25. The van der Waals surface area contributed by atoms with E-state index in [1.165, 1.54) is 35.4 Å². The van der Waals surface area contributed by atoms with Gasteiger partial charge in [0, 0.05) is 22.8 Å². The Morgan fingerprint density at radius 3 is 2.50 bits per heavy atom. The topological polar surface area (TPSA) is 41.6 Å². The van der Waals surface area contributed by atoms with E-state index in [9.17, 15) is 0 Å². The van der Waals surface area contributed by atoms with Crippen molar-refractivity contribution in [2.45, 2.75) is 39.2 Å². The molecule has 2 N–H and O–H groups in total. The number of rotatable bonds is 2. The lowest BCUT2D eigenvalue weighted by atomic mass is 10.2. The third-order valence-corrected chi connectivity index (χ3v) is 4.11. The van der Waals surface area contributed by atoms with Gasteiger partial charge < -0.3 is 10.6 Å². The zero-order valence-electron chi connectivity index (χ0n) is 10.9. The number of aryl methyl sites for hydroxylation is 1. The average Bonchev–Trinajstić information content (AvgIpc) is 2.58. The molecule has 1 saturated heterocycles. The molecule has 5 heteroatoms. The number of guanidine groups is 1. The minimum atomic E-state index is 0. The summed E-state index contributed by atoms with van der Waals surface area (Å²) in [6.45, 7) is 4.98. The van der Waals surface area contributed by atoms with E-state index in [1.807, 2.05) is 0 Å². The van der Waals surface area contributed by atoms with Gasteiger partial charge in [-0.25, -0.2) is 4.99 Å². The summed E-state index contributed by atoms with van der Waals surface area (Å²) in [4.78, 5) is 9.36. The Hall–Kier alpha value is -0.300. The number of nitrogens with zero attached hydrogens (tertiary/aromatic N) is 2. The second-order valence-corrected chi connectivity index (χ2v) is 5.96. The van der Waals surface area contributed by atoms with Crippen LogP contribution in [0.25, 0.3) is 0 Å². The number of halogens is 1. The van der Waals surface area contributed by atoms with Crippen LogP contribution in [-0.4, -0.2) is 23.9 Å². The van der Waals surface area contributed by atoms with Crippen LogP contribution in [0.4, 0.5) is 0 Å². The average molecular weight is 379 g/mol. The molecule has 1 aliphatic heterocycles. The monoisotopic (exact) mass is 379 g/mol. The lowest BCUT2D eigenvalue weighted by Gasteiger charge is -2.20. The lowest BCUT2D eigenvalue weighted by molar-refractivity contribution is 0.428. The summed E-state index contributed by atoms with van der Waals surface area (Å²) < 4.78 is 0. The number of aliphatic imine (C=N–C) groups is 1. The fraction of sp³-hybridized carbons (Fsp3) is 0.615.